The van der Waals surface area contributed by atoms with Crippen LogP contribution in [0.3, 0.4) is 0 Å². The van der Waals surface area contributed by atoms with Crippen molar-refractivity contribution in [2.75, 3.05) is 27.3 Å². The van der Waals surface area contributed by atoms with Gasteiger partial charge < -0.3 is 14.4 Å². The van der Waals surface area contributed by atoms with Gasteiger partial charge >= 0.3 is 5.97 Å². The number of ether oxygens (including phenoxy) is 2. The van der Waals surface area contributed by atoms with Crippen LogP contribution >= 0.6 is 11.8 Å². The molecule has 0 fully saturated rings. The van der Waals surface area contributed by atoms with E-state index in [1.807, 2.05) is 6.92 Å². The molecule has 1 heterocycles. The van der Waals surface area contributed by atoms with Gasteiger partial charge in [-0.2, -0.15) is 0 Å². The van der Waals surface area contributed by atoms with Gasteiger partial charge in [0.2, 0.25) is 5.91 Å². The Balaban J connectivity index is 3.03. The van der Waals surface area contributed by atoms with Crippen LogP contribution in [0.15, 0.2) is 16.6 Å². The first-order chi connectivity index (χ1) is 9.85. The van der Waals surface area contributed by atoms with Gasteiger partial charge in [-0.15, -0.1) is 11.8 Å². The molecule has 0 spiro atoms. The Morgan fingerprint density at radius 3 is 2.62 bits per heavy atom. The predicted molar refractivity (Wildman–Crippen MR) is 83.3 cm³/mol. The quantitative estimate of drug-likeness (QED) is 0.422. The van der Waals surface area contributed by atoms with E-state index >= 15 is 0 Å². The van der Waals surface area contributed by atoms with Gasteiger partial charge in [0.25, 0.3) is 0 Å². The highest BCUT2D eigenvalue weighted by molar-refractivity contribution is 8.02. The molecule has 0 saturated heterocycles. The third-order valence-corrected chi connectivity index (χ3v) is 4.21. The summed E-state index contributed by atoms with van der Waals surface area (Å²) in [7, 11) is 3.37. The van der Waals surface area contributed by atoms with E-state index in [1.54, 1.807) is 34.0 Å². The van der Waals surface area contributed by atoms with E-state index in [9.17, 15) is 9.59 Å². The summed E-state index contributed by atoms with van der Waals surface area (Å²) in [5.74, 6) is -0.540. The fourth-order valence-corrected chi connectivity index (χ4v) is 3.26. The molecule has 7 heteroatoms. The molecule has 0 N–H and O–H groups in total. The number of aliphatic imine (C=N–C) groups is 1. The Morgan fingerprint density at radius 2 is 2.10 bits per heavy atom. The lowest BCUT2D eigenvalue weighted by atomic mass is 10.1. The molecule has 2 atom stereocenters. The average molecular weight is 314 g/mol. The number of nitrogens with zero attached hydrogens (tertiary/aromatic N) is 2. The molecular formula is C14H22N2O4S. The lowest BCUT2D eigenvalue weighted by molar-refractivity contribution is -0.138. The van der Waals surface area contributed by atoms with Gasteiger partial charge in [-0.25, -0.2) is 9.79 Å². The van der Waals surface area contributed by atoms with Gasteiger partial charge in [0, 0.05) is 14.1 Å². The summed E-state index contributed by atoms with van der Waals surface area (Å²) in [6, 6.07) is 0. The molecule has 1 aliphatic rings. The van der Waals surface area contributed by atoms with Crippen LogP contribution in [-0.2, 0) is 19.1 Å². The number of carbonyl (C=O) groups excluding carboxylic acids is 2. The van der Waals surface area contributed by atoms with Crippen molar-refractivity contribution in [1.29, 1.82) is 0 Å². The number of thioether (sulfide) groups is 1. The van der Waals surface area contributed by atoms with Crippen molar-refractivity contribution < 1.29 is 19.1 Å². The van der Waals surface area contributed by atoms with Crippen LogP contribution in [0.1, 0.15) is 20.8 Å². The number of hydrogen-bond donors (Lipinski definition) is 0. The predicted octanol–water partition coefficient (Wildman–Crippen LogP) is 1.46. The molecule has 1 rings (SSSR count). The van der Waals surface area contributed by atoms with Crippen molar-refractivity contribution >= 4 is 30.0 Å². The molecule has 0 bridgehead atoms. The van der Waals surface area contributed by atoms with Crippen molar-refractivity contribution in [3.05, 3.63) is 11.6 Å². The number of carbonyl (C=O) groups is 2. The summed E-state index contributed by atoms with van der Waals surface area (Å²) in [5.41, 5.74) is 0.385. The summed E-state index contributed by atoms with van der Waals surface area (Å²) >= 11 is 1.30. The fraction of sp³-hybridized carbons (Fsp3) is 0.643. The number of esters is 1. The molecule has 6 nitrogen and oxygen atoms in total. The zero-order valence-electron chi connectivity index (χ0n) is 13.1. The van der Waals surface area contributed by atoms with E-state index in [1.165, 1.54) is 23.1 Å². The SMILES string of the molecule is CCO/C=N/C1SC(C)(C(=O)N(C)C)C=C1C(=O)OCC. The van der Waals surface area contributed by atoms with Gasteiger partial charge in [-0.05, 0) is 26.8 Å². The Hall–Kier alpha value is -1.50. The van der Waals surface area contributed by atoms with E-state index in [-0.39, 0.29) is 12.5 Å². The van der Waals surface area contributed by atoms with E-state index in [2.05, 4.69) is 4.99 Å². The smallest absolute Gasteiger partial charge is 0.336 e. The second kappa shape index (κ2) is 7.49. The molecule has 0 aromatic heterocycles. The first kappa shape index (κ1) is 17.6. The monoisotopic (exact) mass is 314 g/mol. The maximum Gasteiger partial charge on any atom is 0.336 e. The maximum atomic E-state index is 12.3. The van der Waals surface area contributed by atoms with Gasteiger partial charge in [0.15, 0.2) is 6.40 Å². The largest absolute Gasteiger partial charge is 0.484 e. The normalized spacial score (nSPS) is 24.8. The number of hydrogen-bond acceptors (Lipinski definition) is 6. The summed E-state index contributed by atoms with van der Waals surface area (Å²) in [6.07, 6.45) is 2.96. The average Bonchev–Trinajstić information content (AvgIpc) is 2.77. The zero-order valence-corrected chi connectivity index (χ0v) is 13.9. The minimum Gasteiger partial charge on any atom is -0.484 e. The van der Waals surface area contributed by atoms with Crippen LogP contribution in [0.25, 0.3) is 0 Å². The van der Waals surface area contributed by atoms with Crippen LogP contribution in [0.5, 0.6) is 0 Å². The lowest BCUT2D eigenvalue weighted by Crippen LogP contribution is -2.39. The fourth-order valence-electron chi connectivity index (χ4n) is 1.91. The molecule has 2 unspecified atom stereocenters. The van der Waals surface area contributed by atoms with Crippen molar-refractivity contribution in [2.24, 2.45) is 4.99 Å². The number of amides is 1. The summed E-state index contributed by atoms with van der Waals surface area (Å²) in [5, 5.41) is -0.496. The molecule has 1 amide bonds. The second-order valence-electron chi connectivity index (χ2n) is 4.81. The molecule has 0 radical (unpaired) electrons. The minimum absolute atomic E-state index is 0.0941. The molecule has 0 aliphatic carbocycles. The minimum atomic E-state index is -0.834. The van der Waals surface area contributed by atoms with Crippen LogP contribution < -0.4 is 0 Å². The van der Waals surface area contributed by atoms with Crippen LogP contribution in [0.2, 0.25) is 0 Å². The third kappa shape index (κ3) is 4.23. The molecule has 1 aliphatic heterocycles. The van der Waals surface area contributed by atoms with Crippen molar-refractivity contribution in [3.63, 3.8) is 0 Å². The van der Waals surface area contributed by atoms with E-state index in [0.29, 0.717) is 12.2 Å². The molecule has 118 valence electrons. The molecule has 21 heavy (non-hydrogen) atoms. The number of rotatable bonds is 6. The molecule has 0 aromatic carbocycles. The molecule has 0 aromatic rings. The summed E-state index contributed by atoms with van der Waals surface area (Å²) in [6.45, 7) is 6.13. The molecule has 0 saturated carbocycles. The zero-order chi connectivity index (χ0) is 16.0. The van der Waals surface area contributed by atoms with Crippen LogP contribution in [0, 0.1) is 0 Å². The van der Waals surface area contributed by atoms with Crippen molar-refractivity contribution in [3.8, 4) is 0 Å². The Kier molecular flexibility index (Phi) is 6.26. The highest BCUT2D eigenvalue weighted by Gasteiger charge is 2.45. The Bertz CT molecular complexity index is 462. The highest BCUT2D eigenvalue weighted by atomic mass is 32.2. The van der Waals surface area contributed by atoms with Gasteiger partial charge in [-0.1, -0.05) is 0 Å². The molecular weight excluding hydrogens is 292 g/mol. The van der Waals surface area contributed by atoms with Gasteiger partial charge in [0.05, 0.1) is 18.8 Å². The second-order valence-corrected chi connectivity index (χ2v) is 6.34. The topological polar surface area (TPSA) is 68.2 Å². The Morgan fingerprint density at radius 1 is 1.43 bits per heavy atom. The maximum absolute atomic E-state index is 12.3. The van der Waals surface area contributed by atoms with Crippen molar-refractivity contribution in [1.82, 2.24) is 4.90 Å². The van der Waals surface area contributed by atoms with E-state index < -0.39 is 16.1 Å². The van der Waals surface area contributed by atoms with E-state index in [0.717, 1.165) is 0 Å². The highest BCUT2D eigenvalue weighted by Crippen LogP contribution is 2.43. The van der Waals surface area contributed by atoms with Crippen molar-refractivity contribution in [2.45, 2.75) is 30.9 Å². The van der Waals surface area contributed by atoms with Gasteiger partial charge in [-0.3, -0.25) is 4.79 Å². The standard InChI is InChI=1S/C14H22N2O4S/c1-6-19-9-15-11-10(12(17)20-7-2)8-14(3,21-11)13(18)16(4)5/h8-9,11H,6-7H2,1-5H3/b15-9+. The summed E-state index contributed by atoms with van der Waals surface area (Å²) < 4.78 is 9.28. The van der Waals surface area contributed by atoms with Gasteiger partial charge in [0.1, 0.15) is 10.1 Å². The van der Waals surface area contributed by atoms with E-state index in [4.69, 9.17) is 9.47 Å². The summed E-state index contributed by atoms with van der Waals surface area (Å²) in [4.78, 5) is 30.0. The first-order valence-electron chi connectivity index (χ1n) is 6.78. The van der Waals surface area contributed by atoms with Crippen LogP contribution in [0.4, 0.5) is 0 Å². The Labute approximate surface area is 129 Å². The third-order valence-electron chi connectivity index (χ3n) is 2.83. The van der Waals surface area contributed by atoms with Crippen LogP contribution in [-0.4, -0.2) is 60.6 Å². The lowest BCUT2D eigenvalue weighted by Gasteiger charge is -2.24. The first-order valence-corrected chi connectivity index (χ1v) is 7.66.